The number of rotatable bonds is 4. The van der Waals surface area contributed by atoms with E-state index in [4.69, 9.17) is 5.73 Å². The van der Waals surface area contributed by atoms with Crippen LogP contribution in [0.25, 0.3) is 17.2 Å². The summed E-state index contributed by atoms with van der Waals surface area (Å²) < 4.78 is 3.58. The molecule has 0 fully saturated rings. The zero-order valence-corrected chi connectivity index (χ0v) is 14.3. The number of fused-ring (bicyclic) bond motifs is 1. The monoisotopic (exact) mass is 345 g/mol. The summed E-state index contributed by atoms with van der Waals surface area (Å²) in [5.74, 6) is 1.43. The fourth-order valence-electron chi connectivity index (χ4n) is 3.09. The highest BCUT2D eigenvalue weighted by Gasteiger charge is 2.17. The normalized spacial score (nSPS) is 12.9. The summed E-state index contributed by atoms with van der Waals surface area (Å²) in [5.41, 5.74) is 10.2. The molecule has 126 valence electrons. The van der Waals surface area contributed by atoms with Crippen LogP contribution in [0.4, 0.5) is 0 Å². The topological polar surface area (TPSA) is 87.4 Å². The summed E-state index contributed by atoms with van der Waals surface area (Å²) in [6.07, 6.45) is 5.40. The van der Waals surface area contributed by atoms with Crippen molar-refractivity contribution < 1.29 is 0 Å². The van der Waals surface area contributed by atoms with Crippen LogP contribution in [0.2, 0.25) is 0 Å². The highest BCUT2D eigenvalue weighted by Crippen LogP contribution is 2.26. The minimum absolute atomic E-state index is 0. The predicted octanol–water partition coefficient (Wildman–Crippen LogP) is 1.70. The fraction of sp³-hybridized carbons (Fsp3) is 0.375. The van der Waals surface area contributed by atoms with Crippen LogP contribution in [0.3, 0.4) is 0 Å². The Morgan fingerprint density at radius 2 is 2.04 bits per heavy atom. The molecular formula is C16H20ClN7. The van der Waals surface area contributed by atoms with Gasteiger partial charge in [-0.1, -0.05) is 11.3 Å². The molecule has 0 aliphatic heterocycles. The quantitative estimate of drug-likeness (QED) is 0.777. The van der Waals surface area contributed by atoms with Gasteiger partial charge in [-0.15, -0.1) is 17.5 Å². The molecular weight excluding hydrogens is 326 g/mol. The minimum atomic E-state index is 0. The van der Waals surface area contributed by atoms with E-state index >= 15 is 0 Å². The summed E-state index contributed by atoms with van der Waals surface area (Å²) in [4.78, 5) is 4.53. The maximum Gasteiger partial charge on any atom is 0.185 e. The molecule has 2 N–H and O–H groups in total. The first kappa shape index (κ1) is 16.6. The van der Waals surface area contributed by atoms with Crippen molar-refractivity contribution in [2.75, 3.05) is 6.54 Å². The van der Waals surface area contributed by atoms with Crippen molar-refractivity contribution in [3.05, 3.63) is 41.3 Å². The van der Waals surface area contributed by atoms with Crippen molar-refractivity contribution in [3.63, 3.8) is 0 Å². The molecule has 3 aromatic rings. The van der Waals surface area contributed by atoms with Crippen LogP contribution in [0.1, 0.15) is 23.4 Å². The van der Waals surface area contributed by atoms with Crippen molar-refractivity contribution in [2.24, 2.45) is 5.73 Å². The van der Waals surface area contributed by atoms with Crippen molar-refractivity contribution in [2.45, 2.75) is 32.7 Å². The number of nitrogens with zero attached hydrogens (tertiary/aromatic N) is 6. The van der Waals surface area contributed by atoms with Gasteiger partial charge in [0.15, 0.2) is 5.82 Å². The number of hydrogen-bond acceptors (Lipinski definition) is 5. The molecule has 4 rings (SSSR count). The second kappa shape index (κ2) is 6.70. The van der Waals surface area contributed by atoms with Gasteiger partial charge in [-0.3, -0.25) is 4.68 Å². The third-order valence-electron chi connectivity index (χ3n) is 4.17. The van der Waals surface area contributed by atoms with Crippen molar-refractivity contribution in [3.8, 4) is 17.2 Å². The van der Waals surface area contributed by atoms with E-state index in [9.17, 15) is 0 Å². The van der Waals surface area contributed by atoms with Gasteiger partial charge in [0.1, 0.15) is 11.5 Å². The maximum atomic E-state index is 5.56. The lowest BCUT2D eigenvalue weighted by Gasteiger charge is -2.06. The van der Waals surface area contributed by atoms with Crippen LogP contribution in [0, 0.1) is 6.92 Å². The van der Waals surface area contributed by atoms with Gasteiger partial charge in [0.2, 0.25) is 0 Å². The summed E-state index contributed by atoms with van der Waals surface area (Å²) >= 11 is 0. The predicted molar refractivity (Wildman–Crippen MR) is 93.4 cm³/mol. The molecule has 24 heavy (non-hydrogen) atoms. The van der Waals surface area contributed by atoms with E-state index in [1.165, 1.54) is 24.0 Å². The van der Waals surface area contributed by atoms with Crippen LogP contribution in [-0.4, -0.2) is 36.3 Å². The molecule has 8 heteroatoms. The summed E-state index contributed by atoms with van der Waals surface area (Å²) in [5, 5.41) is 12.8. The molecule has 0 spiro atoms. The van der Waals surface area contributed by atoms with Crippen LogP contribution in [0.5, 0.6) is 0 Å². The molecule has 1 aromatic carbocycles. The largest absolute Gasteiger partial charge is 0.329 e. The van der Waals surface area contributed by atoms with Crippen molar-refractivity contribution in [1.82, 2.24) is 29.8 Å². The van der Waals surface area contributed by atoms with Gasteiger partial charge in [0.05, 0.1) is 18.4 Å². The Kier molecular flexibility index (Phi) is 4.64. The Hall–Kier alpha value is -2.25. The van der Waals surface area contributed by atoms with Gasteiger partial charge in [-0.05, 0) is 49.4 Å². The van der Waals surface area contributed by atoms with E-state index in [1.54, 1.807) is 4.68 Å². The Morgan fingerprint density at radius 1 is 1.21 bits per heavy atom. The van der Waals surface area contributed by atoms with Crippen molar-refractivity contribution >= 4 is 12.4 Å². The van der Waals surface area contributed by atoms with Crippen molar-refractivity contribution in [1.29, 1.82) is 0 Å². The van der Waals surface area contributed by atoms with E-state index in [-0.39, 0.29) is 12.4 Å². The molecule has 2 aromatic heterocycles. The van der Waals surface area contributed by atoms with Gasteiger partial charge in [0, 0.05) is 6.54 Å². The number of aryl methyl sites for hydroxylation is 3. The molecule has 0 amide bonds. The zero-order valence-electron chi connectivity index (χ0n) is 13.5. The second-order valence-electron chi connectivity index (χ2n) is 5.86. The second-order valence-corrected chi connectivity index (χ2v) is 5.86. The standard InChI is InChI=1S/C16H19N7.ClH/c1-11-18-16(15-10-22(8-7-17)21-19-15)23(20-11)14-6-5-12-3-2-4-13(12)9-14;/h5-6,9-10H,2-4,7-8,17H2,1H3;1H. The van der Waals surface area contributed by atoms with Crippen LogP contribution < -0.4 is 5.73 Å². The number of nitrogens with two attached hydrogens (primary N) is 1. The smallest absolute Gasteiger partial charge is 0.185 e. The molecule has 1 aliphatic carbocycles. The third-order valence-corrected chi connectivity index (χ3v) is 4.17. The average Bonchev–Trinajstić information content (AvgIpc) is 3.25. The van der Waals surface area contributed by atoms with Crippen LogP contribution >= 0.6 is 12.4 Å². The van der Waals surface area contributed by atoms with E-state index in [2.05, 4.69) is 38.6 Å². The number of hydrogen-bond donors (Lipinski definition) is 1. The molecule has 2 heterocycles. The highest BCUT2D eigenvalue weighted by atomic mass is 35.5. The zero-order chi connectivity index (χ0) is 15.8. The SMILES string of the molecule is Cc1nc(-c2cn(CCN)nn2)n(-c2ccc3c(c2)CCC3)n1.Cl. The molecule has 1 aliphatic rings. The Balaban J connectivity index is 0.00000169. The van der Waals surface area contributed by atoms with E-state index in [1.807, 2.05) is 17.8 Å². The third kappa shape index (κ3) is 2.92. The summed E-state index contributed by atoms with van der Waals surface area (Å²) in [6.45, 7) is 3.05. The van der Waals surface area contributed by atoms with E-state index < -0.39 is 0 Å². The Labute approximate surface area is 146 Å². The van der Waals surface area contributed by atoms with Gasteiger partial charge in [0.25, 0.3) is 0 Å². The van der Waals surface area contributed by atoms with Gasteiger partial charge < -0.3 is 5.73 Å². The lowest BCUT2D eigenvalue weighted by molar-refractivity contribution is 0.598. The Bertz CT molecular complexity index is 852. The number of halogens is 1. The summed E-state index contributed by atoms with van der Waals surface area (Å²) in [6, 6.07) is 6.51. The lowest BCUT2D eigenvalue weighted by atomic mass is 10.1. The number of aromatic nitrogens is 6. The summed E-state index contributed by atoms with van der Waals surface area (Å²) in [7, 11) is 0. The van der Waals surface area contributed by atoms with E-state index in [0.29, 0.717) is 30.4 Å². The lowest BCUT2D eigenvalue weighted by Crippen LogP contribution is -2.10. The first-order chi connectivity index (χ1) is 11.2. The molecule has 0 atom stereocenters. The minimum Gasteiger partial charge on any atom is -0.329 e. The van der Waals surface area contributed by atoms with E-state index in [0.717, 1.165) is 12.1 Å². The van der Waals surface area contributed by atoms with Gasteiger partial charge in [-0.2, -0.15) is 5.10 Å². The molecule has 0 bridgehead atoms. The molecule has 0 radical (unpaired) electrons. The van der Waals surface area contributed by atoms with Crippen LogP contribution in [-0.2, 0) is 19.4 Å². The fourth-order valence-corrected chi connectivity index (χ4v) is 3.09. The van der Waals surface area contributed by atoms with Gasteiger partial charge >= 0.3 is 0 Å². The highest BCUT2D eigenvalue weighted by molar-refractivity contribution is 5.85. The molecule has 7 nitrogen and oxygen atoms in total. The van der Waals surface area contributed by atoms with Gasteiger partial charge in [-0.25, -0.2) is 9.67 Å². The molecule has 0 saturated carbocycles. The first-order valence-corrected chi connectivity index (χ1v) is 7.91. The maximum absolute atomic E-state index is 5.56. The molecule has 0 unspecified atom stereocenters. The average molecular weight is 346 g/mol. The first-order valence-electron chi connectivity index (χ1n) is 7.91. The molecule has 0 saturated heterocycles. The number of benzene rings is 1. The Morgan fingerprint density at radius 3 is 2.88 bits per heavy atom. The van der Waals surface area contributed by atoms with Crippen LogP contribution in [0.15, 0.2) is 24.4 Å².